The molecule has 0 radical (unpaired) electrons. The summed E-state index contributed by atoms with van der Waals surface area (Å²) < 4.78 is 32.7. The monoisotopic (exact) mass is 646 g/mol. The number of anilines is 1. The molecule has 2 unspecified atom stereocenters. The van der Waals surface area contributed by atoms with Crippen LogP contribution in [0.3, 0.4) is 0 Å². The maximum Gasteiger partial charge on any atom is 0.318 e. The van der Waals surface area contributed by atoms with Gasteiger partial charge in [0.2, 0.25) is 0 Å². The van der Waals surface area contributed by atoms with Crippen LogP contribution in [0.1, 0.15) is 42.2 Å². The maximum atomic E-state index is 13.9. The molecule has 0 aliphatic carbocycles. The number of carbonyl (C=O) groups is 1. The van der Waals surface area contributed by atoms with E-state index < -0.39 is 17.8 Å². The van der Waals surface area contributed by atoms with Crippen LogP contribution >= 0.6 is 11.6 Å². The lowest BCUT2D eigenvalue weighted by Gasteiger charge is -2.42. The number of ether oxygens (including phenoxy) is 3. The van der Waals surface area contributed by atoms with Crippen LogP contribution in [0.15, 0.2) is 48.8 Å². The molecule has 7 rings (SSSR count). The van der Waals surface area contributed by atoms with Crippen molar-refractivity contribution >= 4 is 34.1 Å². The summed E-state index contributed by atoms with van der Waals surface area (Å²) in [6.07, 6.45) is 2.30. The lowest BCUT2D eigenvalue weighted by atomic mass is 9.94. The molecule has 3 atom stereocenters. The van der Waals surface area contributed by atoms with E-state index in [2.05, 4.69) is 17.5 Å². The Hall–Kier alpha value is -3.82. The van der Waals surface area contributed by atoms with Crippen molar-refractivity contribution in [3.63, 3.8) is 0 Å². The van der Waals surface area contributed by atoms with Crippen molar-refractivity contribution in [2.24, 2.45) is 0 Å². The van der Waals surface area contributed by atoms with E-state index in [0.29, 0.717) is 43.6 Å². The predicted molar refractivity (Wildman–Crippen MR) is 170 cm³/mol. The Kier molecular flexibility index (Phi) is 8.55. The predicted octanol–water partition coefficient (Wildman–Crippen LogP) is 4.75. The van der Waals surface area contributed by atoms with E-state index >= 15 is 0 Å². The highest BCUT2D eigenvalue weighted by Crippen LogP contribution is 2.40. The third kappa shape index (κ3) is 5.68. The van der Waals surface area contributed by atoms with Gasteiger partial charge in [0.25, 0.3) is 5.91 Å². The Bertz CT molecular complexity index is 1710. The molecule has 3 aromatic rings. The number of aromatic nitrogens is 2. The van der Waals surface area contributed by atoms with Crippen LogP contribution in [-0.4, -0.2) is 89.8 Å². The van der Waals surface area contributed by atoms with Crippen molar-refractivity contribution in [1.82, 2.24) is 19.8 Å². The minimum atomic E-state index is -1.04. The number of nitriles is 1. The molecule has 1 aromatic heterocycles. The van der Waals surface area contributed by atoms with Gasteiger partial charge in [-0.3, -0.25) is 9.69 Å². The summed E-state index contributed by atoms with van der Waals surface area (Å²) in [5.41, 5.74) is 2.43. The minimum absolute atomic E-state index is 0.0465. The molecule has 0 spiro atoms. The Labute approximate surface area is 272 Å². The van der Waals surface area contributed by atoms with Crippen molar-refractivity contribution in [3.05, 3.63) is 70.6 Å². The van der Waals surface area contributed by atoms with E-state index in [0.717, 1.165) is 60.1 Å². The zero-order valence-corrected chi connectivity index (χ0v) is 26.3. The first-order valence-corrected chi connectivity index (χ1v) is 16.2. The molecular formula is C34H36ClFN6O4. The third-order valence-electron chi connectivity index (χ3n) is 9.78. The van der Waals surface area contributed by atoms with Gasteiger partial charge in [-0.1, -0.05) is 48.5 Å². The zero-order chi connectivity index (χ0) is 31.8. The van der Waals surface area contributed by atoms with Gasteiger partial charge in [-0.25, -0.2) is 4.39 Å². The average Bonchev–Trinajstić information content (AvgIpc) is 3.51. The highest BCUT2D eigenvalue weighted by atomic mass is 35.5. The second kappa shape index (κ2) is 12.8. The van der Waals surface area contributed by atoms with Crippen LogP contribution in [0.5, 0.6) is 6.01 Å². The van der Waals surface area contributed by atoms with Gasteiger partial charge in [-0.05, 0) is 36.4 Å². The molecule has 5 heterocycles. The Morgan fingerprint density at radius 1 is 1.20 bits per heavy atom. The molecule has 1 amide bonds. The van der Waals surface area contributed by atoms with Crippen molar-refractivity contribution in [2.75, 3.05) is 57.4 Å². The van der Waals surface area contributed by atoms with E-state index in [1.54, 1.807) is 0 Å². The molecule has 240 valence electrons. The van der Waals surface area contributed by atoms with Gasteiger partial charge in [0, 0.05) is 48.6 Å². The van der Waals surface area contributed by atoms with E-state index in [4.69, 9.17) is 35.8 Å². The number of benzene rings is 2. The van der Waals surface area contributed by atoms with Crippen molar-refractivity contribution in [3.8, 4) is 12.1 Å². The first-order chi connectivity index (χ1) is 22.4. The molecule has 10 nitrogen and oxygen atoms in total. The van der Waals surface area contributed by atoms with Gasteiger partial charge >= 0.3 is 6.01 Å². The first kappa shape index (κ1) is 30.8. The summed E-state index contributed by atoms with van der Waals surface area (Å²) in [5, 5.41) is 12.2. The number of hydrogen-bond donors (Lipinski definition) is 0. The number of amides is 1. The van der Waals surface area contributed by atoms with Gasteiger partial charge in [0.15, 0.2) is 5.83 Å². The molecule has 4 aliphatic heterocycles. The highest BCUT2D eigenvalue weighted by molar-refractivity contribution is 6.35. The molecule has 0 saturated carbocycles. The molecule has 4 aliphatic rings. The van der Waals surface area contributed by atoms with Crippen LogP contribution in [-0.2, 0) is 27.3 Å². The standard InChI is InChI=1S/C34H36ClFN6O4/c1-22(36)32(43)42-14-13-40(18-24(42)9-11-37)31-26-19-45-29(25-7-2-5-23-6-3-8-27(35)30(23)25)17-28(26)38-33(39-31)46-21-34-10-4-12-41(34)15-16-44-20-34/h2-3,5-8,24,29H,1,4,9-10,12-21H2/t24-,29?,34?/m0/s1. The summed E-state index contributed by atoms with van der Waals surface area (Å²) in [6.45, 7) is 7.96. The number of rotatable bonds is 7. The largest absolute Gasteiger partial charge is 0.461 e. The number of piperazine rings is 1. The summed E-state index contributed by atoms with van der Waals surface area (Å²) in [5.74, 6) is -1.18. The number of morpholine rings is 1. The number of halogens is 2. The average molecular weight is 647 g/mol. The van der Waals surface area contributed by atoms with Crippen LogP contribution in [0.2, 0.25) is 5.02 Å². The molecule has 3 saturated heterocycles. The van der Waals surface area contributed by atoms with Crippen molar-refractivity contribution in [2.45, 2.75) is 50.0 Å². The van der Waals surface area contributed by atoms with E-state index in [1.165, 1.54) is 4.90 Å². The number of nitrogens with zero attached hydrogens (tertiary/aromatic N) is 6. The van der Waals surface area contributed by atoms with Gasteiger partial charge in [-0.2, -0.15) is 15.2 Å². The number of carbonyl (C=O) groups excluding carboxylic acids is 1. The number of hydrogen-bond acceptors (Lipinski definition) is 9. The molecule has 12 heteroatoms. The summed E-state index contributed by atoms with van der Waals surface area (Å²) in [4.78, 5) is 28.3. The maximum absolute atomic E-state index is 13.9. The van der Waals surface area contributed by atoms with Crippen LogP contribution in [0.25, 0.3) is 10.8 Å². The van der Waals surface area contributed by atoms with Gasteiger partial charge in [-0.15, -0.1) is 0 Å². The van der Waals surface area contributed by atoms with E-state index in [1.807, 2.05) is 41.3 Å². The smallest absolute Gasteiger partial charge is 0.318 e. The SMILES string of the molecule is C=C(F)C(=O)N1CCN(c2nc(OCC34CCCN3CCOC4)nc3c2COC(c2cccc4cccc(Cl)c24)C3)C[C@@H]1CC#N. The van der Waals surface area contributed by atoms with Crippen LogP contribution in [0.4, 0.5) is 10.2 Å². The fraction of sp³-hybridized carbons (Fsp3) is 0.471. The first-order valence-electron chi connectivity index (χ1n) is 15.8. The van der Waals surface area contributed by atoms with Crippen molar-refractivity contribution in [1.29, 1.82) is 5.26 Å². The summed E-state index contributed by atoms with van der Waals surface area (Å²) in [7, 11) is 0. The lowest BCUT2D eigenvalue weighted by Crippen LogP contribution is -2.56. The fourth-order valence-electron chi connectivity index (χ4n) is 7.45. The topological polar surface area (TPSA) is 104 Å². The normalized spacial score (nSPS) is 24.7. The fourth-order valence-corrected chi connectivity index (χ4v) is 7.74. The minimum Gasteiger partial charge on any atom is -0.461 e. The molecule has 0 bridgehead atoms. The summed E-state index contributed by atoms with van der Waals surface area (Å²) >= 11 is 6.68. The van der Waals surface area contributed by atoms with Gasteiger partial charge < -0.3 is 24.0 Å². The van der Waals surface area contributed by atoms with Gasteiger partial charge in [0.05, 0.1) is 55.7 Å². The van der Waals surface area contributed by atoms with Gasteiger partial charge in [0.1, 0.15) is 12.4 Å². The van der Waals surface area contributed by atoms with Crippen molar-refractivity contribution < 1.29 is 23.4 Å². The Morgan fingerprint density at radius 2 is 2.04 bits per heavy atom. The molecule has 0 N–H and O–H groups in total. The summed E-state index contributed by atoms with van der Waals surface area (Å²) in [6, 6.07) is 13.8. The van der Waals surface area contributed by atoms with E-state index in [-0.39, 0.29) is 37.2 Å². The molecular weight excluding hydrogens is 611 g/mol. The molecule has 3 fully saturated rings. The Balaban J connectivity index is 1.23. The zero-order valence-electron chi connectivity index (χ0n) is 25.6. The lowest BCUT2D eigenvalue weighted by molar-refractivity contribution is -0.131. The van der Waals surface area contributed by atoms with E-state index in [9.17, 15) is 14.4 Å². The second-order valence-electron chi connectivity index (χ2n) is 12.5. The third-order valence-corrected chi connectivity index (χ3v) is 10.1. The molecule has 46 heavy (non-hydrogen) atoms. The quantitative estimate of drug-likeness (QED) is 0.336. The molecule has 2 aromatic carbocycles. The van der Waals surface area contributed by atoms with Crippen LogP contribution < -0.4 is 9.64 Å². The Morgan fingerprint density at radius 3 is 2.87 bits per heavy atom. The van der Waals surface area contributed by atoms with Crippen LogP contribution in [0, 0.1) is 11.3 Å². The second-order valence-corrected chi connectivity index (χ2v) is 12.9. The number of fused-ring (bicyclic) bond motifs is 3. The highest BCUT2D eigenvalue weighted by Gasteiger charge is 2.44.